The zero-order valence-electron chi connectivity index (χ0n) is 12.4. The molecule has 0 heterocycles. The van der Waals surface area contributed by atoms with Crippen molar-refractivity contribution in [2.75, 3.05) is 12.4 Å². The number of rotatable bonds is 4. The fourth-order valence-electron chi connectivity index (χ4n) is 2.47. The first-order chi connectivity index (χ1) is 9.51. The number of aryl methyl sites for hydroxylation is 3. The van der Waals surface area contributed by atoms with Gasteiger partial charge in [-0.05, 0) is 49.6 Å². The minimum Gasteiger partial charge on any atom is -0.494 e. The van der Waals surface area contributed by atoms with E-state index in [1.165, 1.54) is 29.9 Å². The van der Waals surface area contributed by atoms with E-state index < -0.39 is 0 Å². The van der Waals surface area contributed by atoms with Crippen LogP contribution in [0.2, 0.25) is 0 Å². The Kier molecular flexibility index (Phi) is 4.28. The van der Waals surface area contributed by atoms with Crippen molar-refractivity contribution >= 4 is 5.69 Å². The molecule has 2 aromatic rings. The summed E-state index contributed by atoms with van der Waals surface area (Å²) < 4.78 is 18.6. The number of hydrogen-bond acceptors (Lipinski definition) is 2. The van der Waals surface area contributed by atoms with Crippen LogP contribution in [0.4, 0.5) is 10.1 Å². The van der Waals surface area contributed by atoms with Crippen LogP contribution in [0.3, 0.4) is 0 Å². The van der Waals surface area contributed by atoms with Gasteiger partial charge >= 0.3 is 0 Å². The van der Waals surface area contributed by atoms with E-state index in [1.54, 1.807) is 6.07 Å². The summed E-state index contributed by atoms with van der Waals surface area (Å²) in [7, 11) is 1.47. The maximum Gasteiger partial charge on any atom is 0.165 e. The Hall–Kier alpha value is -2.03. The van der Waals surface area contributed by atoms with Crippen molar-refractivity contribution in [2.24, 2.45) is 0 Å². The monoisotopic (exact) mass is 273 g/mol. The molecule has 0 radical (unpaired) electrons. The van der Waals surface area contributed by atoms with Crippen molar-refractivity contribution in [3.8, 4) is 5.75 Å². The van der Waals surface area contributed by atoms with Gasteiger partial charge in [-0.3, -0.25) is 0 Å². The Morgan fingerprint density at radius 3 is 2.25 bits per heavy atom. The first kappa shape index (κ1) is 14.4. The largest absolute Gasteiger partial charge is 0.494 e. The van der Waals surface area contributed by atoms with Crippen LogP contribution in [0.5, 0.6) is 5.75 Å². The number of benzene rings is 2. The number of methoxy groups -OCH3 is 1. The van der Waals surface area contributed by atoms with E-state index in [2.05, 4.69) is 38.2 Å². The number of nitrogens with one attached hydrogen (secondary N) is 1. The van der Waals surface area contributed by atoms with E-state index in [9.17, 15) is 4.39 Å². The Bertz CT molecular complexity index is 599. The second-order valence-electron chi connectivity index (χ2n) is 5.10. The van der Waals surface area contributed by atoms with Crippen molar-refractivity contribution < 1.29 is 9.13 Å². The maximum absolute atomic E-state index is 13.6. The number of halogens is 1. The minimum atomic E-state index is -0.329. The van der Waals surface area contributed by atoms with Crippen LogP contribution in [0.15, 0.2) is 30.3 Å². The van der Waals surface area contributed by atoms with Gasteiger partial charge in [0.25, 0.3) is 0 Å². The molecular weight excluding hydrogens is 253 g/mol. The Balaban J connectivity index is 2.15. The van der Waals surface area contributed by atoms with Gasteiger partial charge in [0.05, 0.1) is 7.11 Å². The highest BCUT2D eigenvalue weighted by Crippen LogP contribution is 2.23. The van der Waals surface area contributed by atoms with Crippen molar-refractivity contribution in [3.05, 3.63) is 58.4 Å². The molecule has 0 aliphatic heterocycles. The molecule has 3 heteroatoms. The van der Waals surface area contributed by atoms with Gasteiger partial charge in [0, 0.05) is 12.2 Å². The van der Waals surface area contributed by atoms with Crippen LogP contribution in [0.25, 0.3) is 0 Å². The Morgan fingerprint density at radius 2 is 1.70 bits per heavy atom. The lowest BCUT2D eigenvalue weighted by atomic mass is 10.0. The van der Waals surface area contributed by atoms with Gasteiger partial charge < -0.3 is 10.1 Å². The number of hydrogen-bond donors (Lipinski definition) is 1. The minimum absolute atomic E-state index is 0.274. The molecule has 0 fully saturated rings. The number of ether oxygens (including phenoxy) is 1. The van der Waals surface area contributed by atoms with E-state index in [0.717, 1.165) is 11.3 Å². The van der Waals surface area contributed by atoms with Gasteiger partial charge in [-0.1, -0.05) is 23.8 Å². The molecule has 0 saturated carbocycles. The summed E-state index contributed by atoms with van der Waals surface area (Å²) in [6, 6.07) is 9.31. The third-order valence-corrected chi connectivity index (χ3v) is 3.36. The first-order valence-corrected chi connectivity index (χ1v) is 6.65. The van der Waals surface area contributed by atoms with Crippen LogP contribution in [0.1, 0.15) is 22.3 Å². The summed E-state index contributed by atoms with van der Waals surface area (Å²) in [4.78, 5) is 0. The normalized spacial score (nSPS) is 10.4. The summed E-state index contributed by atoms with van der Waals surface area (Å²) in [6.07, 6.45) is 0. The van der Waals surface area contributed by atoms with Crippen LogP contribution in [-0.4, -0.2) is 7.11 Å². The van der Waals surface area contributed by atoms with E-state index >= 15 is 0 Å². The molecule has 0 amide bonds. The fourth-order valence-corrected chi connectivity index (χ4v) is 2.47. The van der Waals surface area contributed by atoms with Gasteiger partial charge in [0.1, 0.15) is 0 Å². The average molecular weight is 273 g/mol. The lowest BCUT2D eigenvalue weighted by Gasteiger charge is -2.14. The van der Waals surface area contributed by atoms with Crippen molar-refractivity contribution in [1.29, 1.82) is 0 Å². The molecule has 0 saturated heterocycles. The molecule has 2 nitrogen and oxygen atoms in total. The van der Waals surface area contributed by atoms with Gasteiger partial charge in [-0.15, -0.1) is 0 Å². The zero-order valence-corrected chi connectivity index (χ0v) is 12.4. The number of anilines is 1. The Morgan fingerprint density at radius 1 is 1.05 bits per heavy atom. The summed E-state index contributed by atoms with van der Waals surface area (Å²) in [5.74, 6) is -0.0550. The van der Waals surface area contributed by atoms with Crippen molar-refractivity contribution in [3.63, 3.8) is 0 Å². The molecule has 0 atom stereocenters. The summed E-state index contributed by atoms with van der Waals surface area (Å²) in [5, 5.41) is 3.38. The van der Waals surface area contributed by atoms with Crippen LogP contribution < -0.4 is 10.1 Å². The van der Waals surface area contributed by atoms with Gasteiger partial charge in [0.15, 0.2) is 11.6 Å². The molecule has 106 valence electrons. The molecule has 2 rings (SSSR count). The smallest absolute Gasteiger partial charge is 0.165 e. The average Bonchev–Trinajstić information content (AvgIpc) is 2.37. The van der Waals surface area contributed by atoms with Crippen LogP contribution in [-0.2, 0) is 6.54 Å². The van der Waals surface area contributed by atoms with Gasteiger partial charge in [-0.25, -0.2) is 4.39 Å². The maximum atomic E-state index is 13.6. The lowest BCUT2D eigenvalue weighted by Crippen LogP contribution is -2.04. The molecule has 1 N–H and O–H groups in total. The van der Waals surface area contributed by atoms with Crippen LogP contribution >= 0.6 is 0 Å². The van der Waals surface area contributed by atoms with Crippen LogP contribution in [0, 0.1) is 26.6 Å². The SMILES string of the molecule is COc1ccc(CNc2c(C)cc(C)cc2C)cc1F. The molecular formula is C17H20FNO. The lowest BCUT2D eigenvalue weighted by molar-refractivity contribution is 0.386. The predicted molar refractivity (Wildman–Crippen MR) is 80.9 cm³/mol. The highest BCUT2D eigenvalue weighted by Gasteiger charge is 2.06. The highest BCUT2D eigenvalue weighted by molar-refractivity contribution is 5.58. The molecule has 0 aliphatic rings. The molecule has 0 unspecified atom stereocenters. The fraction of sp³-hybridized carbons (Fsp3) is 0.294. The summed E-state index contributed by atoms with van der Waals surface area (Å²) in [6.45, 7) is 6.84. The predicted octanol–water partition coefficient (Wildman–Crippen LogP) is 4.37. The summed E-state index contributed by atoms with van der Waals surface area (Å²) >= 11 is 0. The first-order valence-electron chi connectivity index (χ1n) is 6.65. The van der Waals surface area contributed by atoms with E-state index in [4.69, 9.17) is 4.74 Å². The Labute approximate surface area is 119 Å². The quantitative estimate of drug-likeness (QED) is 0.893. The summed E-state index contributed by atoms with van der Waals surface area (Å²) in [5.41, 5.74) is 5.67. The third-order valence-electron chi connectivity index (χ3n) is 3.36. The van der Waals surface area contributed by atoms with E-state index in [0.29, 0.717) is 6.54 Å². The second kappa shape index (κ2) is 5.95. The molecule has 0 aromatic heterocycles. The van der Waals surface area contributed by atoms with Crippen molar-refractivity contribution in [1.82, 2.24) is 0 Å². The standard InChI is InChI=1S/C17H20FNO/c1-11-7-12(2)17(13(3)8-11)19-10-14-5-6-16(20-4)15(18)9-14/h5-9,19H,10H2,1-4H3. The third kappa shape index (κ3) is 3.10. The van der Waals surface area contributed by atoms with Gasteiger partial charge in [-0.2, -0.15) is 0 Å². The highest BCUT2D eigenvalue weighted by atomic mass is 19.1. The molecule has 2 aromatic carbocycles. The zero-order chi connectivity index (χ0) is 14.7. The molecule has 0 bridgehead atoms. The van der Waals surface area contributed by atoms with Crippen molar-refractivity contribution in [2.45, 2.75) is 27.3 Å². The second-order valence-corrected chi connectivity index (χ2v) is 5.10. The van der Waals surface area contributed by atoms with Gasteiger partial charge in [0.2, 0.25) is 0 Å². The molecule has 0 aliphatic carbocycles. The van der Waals surface area contributed by atoms with E-state index in [-0.39, 0.29) is 11.6 Å². The molecule has 0 spiro atoms. The molecule has 20 heavy (non-hydrogen) atoms. The topological polar surface area (TPSA) is 21.3 Å². The van der Waals surface area contributed by atoms with E-state index in [1.807, 2.05) is 6.07 Å².